The van der Waals surface area contributed by atoms with E-state index in [0.29, 0.717) is 5.36 Å². The zero-order chi connectivity index (χ0) is 13.7. The molecule has 0 atom stereocenters. The van der Waals surface area contributed by atoms with E-state index in [4.69, 9.17) is 0 Å². The van der Waals surface area contributed by atoms with Crippen LogP contribution in [0.2, 0.25) is 0 Å². The number of nitrogens with one attached hydrogen (secondary N) is 1. The summed E-state index contributed by atoms with van der Waals surface area (Å²) in [6, 6.07) is 11.2. The Balaban J connectivity index is 2.19. The van der Waals surface area contributed by atoms with Crippen molar-refractivity contribution in [1.82, 2.24) is 15.1 Å². The Bertz CT molecular complexity index is 596. The van der Waals surface area contributed by atoms with Gasteiger partial charge in [-0.3, -0.25) is 0 Å². The number of rotatable bonds is 2. The van der Waals surface area contributed by atoms with E-state index in [0.717, 1.165) is 5.69 Å². The van der Waals surface area contributed by atoms with Gasteiger partial charge in [-0.2, -0.15) is 10.1 Å². The lowest BCUT2D eigenvalue weighted by Gasteiger charge is -2.04. The molecule has 5 heteroatoms. The van der Waals surface area contributed by atoms with E-state index in [9.17, 15) is 4.79 Å². The minimum Gasteiger partial charge on any atom is -0.334 e. The van der Waals surface area contributed by atoms with Crippen LogP contribution in [0.25, 0.3) is 5.69 Å². The van der Waals surface area contributed by atoms with E-state index < -0.39 is 0 Å². The third-order valence-electron chi connectivity index (χ3n) is 2.36. The molecule has 0 radical (unpaired) electrons. The fraction of sp³-hybridized carbons (Fsp3) is 0.214. The van der Waals surface area contributed by atoms with Crippen LogP contribution in [0.4, 0.5) is 4.79 Å². The molecule has 0 saturated heterocycles. The summed E-state index contributed by atoms with van der Waals surface area (Å²) >= 11 is 0. The highest BCUT2D eigenvalue weighted by atomic mass is 16.2. The van der Waals surface area contributed by atoms with Gasteiger partial charge in [-0.1, -0.05) is 18.2 Å². The number of hydrogen-bond acceptors (Lipinski definition) is 2. The van der Waals surface area contributed by atoms with Crippen LogP contribution in [0.3, 0.4) is 0 Å². The number of carbonyl (C=O) groups is 1. The van der Waals surface area contributed by atoms with Gasteiger partial charge in [0.15, 0.2) is 0 Å². The van der Waals surface area contributed by atoms with Gasteiger partial charge in [0.05, 0.1) is 17.2 Å². The zero-order valence-electron chi connectivity index (χ0n) is 10.9. The van der Waals surface area contributed by atoms with E-state index in [2.05, 4.69) is 15.4 Å². The van der Waals surface area contributed by atoms with Crippen LogP contribution in [-0.4, -0.2) is 21.9 Å². The quantitative estimate of drug-likeness (QED) is 0.892. The molecule has 98 valence electrons. The molecule has 1 heterocycles. The maximum absolute atomic E-state index is 11.5. The maximum atomic E-state index is 11.5. The predicted octanol–water partition coefficient (Wildman–Crippen LogP) is 1.89. The lowest BCUT2D eigenvalue weighted by Crippen LogP contribution is -2.29. The van der Waals surface area contributed by atoms with Gasteiger partial charge in [-0.15, -0.1) is 0 Å². The Morgan fingerprint density at radius 1 is 1.26 bits per heavy atom. The largest absolute Gasteiger partial charge is 0.341 e. The molecule has 0 spiro atoms. The third-order valence-corrected chi connectivity index (χ3v) is 2.36. The van der Waals surface area contributed by atoms with Crippen LogP contribution in [0.5, 0.6) is 0 Å². The molecule has 0 saturated carbocycles. The zero-order valence-corrected chi connectivity index (χ0v) is 10.9. The van der Waals surface area contributed by atoms with Crippen molar-refractivity contribution in [2.75, 3.05) is 0 Å². The molecule has 1 N–H and O–H groups in total. The smallest absolute Gasteiger partial charge is 0.334 e. The van der Waals surface area contributed by atoms with Gasteiger partial charge in [-0.05, 0) is 32.0 Å². The van der Waals surface area contributed by atoms with Crippen molar-refractivity contribution in [3.05, 3.63) is 54.1 Å². The molecule has 2 rings (SSSR count). The number of hydrogen-bond donors (Lipinski definition) is 1. The van der Waals surface area contributed by atoms with E-state index in [1.54, 1.807) is 23.1 Å². The summed E-state index contributed by atoms with van der Waals surface area (Å²) < 4.78 is 1.72. The first-order valence-corrected chi connectivity index (χ1v) is 6.11. The highest BCUT2D eigenvalue weighted by molar-refractivity contribution is 5.75. The predicted molar refractivity (Wildman–Crippen MR) is 72.8 cm³/mol. The Labute approximate surface area is 111 Å². The molecule has 0 aliphatic carbocycles. The number of benzene rings is 1. The number of para-hydroxylation sites is 1. The van der Waals surface area contributed by atoms with Crippen LogP contribution in [0.1, 0.15) is 13.8 Å². The molecule has 0 unspecified atom stereocenters. The summed E-state index contributed by atoms with van der Waals surface area (Å²) in [6.45, 7) is 3.78. The minimum atomic E-state index is -0.353. The highest BCUT2D eigenvalue weighted by Crippen LogP contribution is 2.02. The second-order valence-electron chi connectivity index (χ2n) is 4.38. The summed E-state index contributed by atoms with van der Waals surface area (Å²) in [5.74, 6) is 0. The molecule has 0 fully saturated rings. The second-order valence-corrected chi connectivity index (χ2v) is 4.38. The van der Waals surface area contributed by atoms with E-state index in [-0.39, 0.29) is 12.1 Å². The minimum absolute atomic E-state index is 0.0715. The molecule has 1 aromatic heterocycles. The van der Waals surface area contributed by atoms with Crippen LogP contribution >= 0.6 is 0 Å². The van der Waals surface area contributed by atoms with Gasteiger partial charge in [0.2, 0.25) is 0 Å². The van der Waals surface area contributed by atoms with Gasteiger partial charge in [-0.25, -0.2) is 9.48 Å². The summed E-state index contributed by atoms with van der Waals surface area (Å²) in [5, 5.41) is 7.45. The second kappa shape index (κ2) is 5.95. The van der Waals surface area contributed by atoms with Crippen molar-refractivity contribution in [2.45, 2.75) is 19.9 Å². The Morgan fingerprint density at radius 2 is 2.00 bits per heavy atom. The lowest BCUT2D eigenvalue weighted by molar-refractivity contribution is 0.246. The van der Waals surface area contributed by atoms with Crippen molar-refractivity contribution in [1.29, 1.82) is 0 Å². The molecule has 0 aliphatic heterocycles. The number of aromatic nitrogens is 2. The van der Waals surface area contributed by atoms with Gasteiger partial charge < -0.3 is 5.32 Å². The van der Waals surface area contributed by atoms with Crippen molar-refractivity contribution in [3.8, 4) is 5.69 Å². The maximum Gasteiger partial charge on any atom is 0.341 e. The number of nitrogens with zero attached hydrogens (tertiary/aromatic N) is 3. The Hall–Kier alpha value is -2.43. The van der Waals surface area contributed by atoms with Crippen LogP contribution < -0.4 is 10.7 Å². The first-order chi connectivity index (χ1) is 9.15. The fourth-order valence-corrected chi connectivity index (χ4v) is 1.55. The summed E-state index contributed by atoms with van der Waals surface area (Å²) in [7, 11) is 0. The standard InChI is InChI=1S/C14H16N4O/c1-11(2)16-14(19)17-12-8-9-18(15-10-12)13-6-4-3-5-7-13/h3-11H,1-2H3,(H,16,19)/b17-12-. The Kier molecular flexibility index (Phi) is 4.07. The van der Waals surface area contributed by atoms with Crippen molar-refractivity contribution in [3.63, 3.8) is 0 Å². The summed E-state index contributed by atoms with van der Waals surface area (Å²) in [5.41, 5.74) is 0.959. The number of urea groups is 1. The van der Waals surface area contributed by atoms with Crippen molar-refractivity contribution < 1.29 is 4.79 Å². The Morgan fingerprint density at radius 3 is 2.58 bits per heavy atom. The first-order valence-electron chi connectivity index (χ1n) is 6.11. The molecule has 2 amide bonds. The molecule has 0 bridgehead atoms. The molecule has 0 aliphatic rings. The average molecular weight is 256 g/mol. The molecule has 19 heavy (non-hydrogen) atoms. The molecule has 2 aromatic rings. The van der Waals surface area contributed by atoms with E-state index in [1.807, 2.05) is 44.2 Å². The molecular formula is C14H16N4O. The third kappa shape index (κ3) is 3.77. The van der Waals surface area contributed by atoms with Crippen LogP contribution in [-0.2, 0) is 0 Å². The van der Waals surface area contributed by atoms with E-state index in [1.165, 1.54) is 0 Å². The number of amides is 2. The lowest BCUT2D eigenvalue weighted by atomic mass is 10.3. The molecule has 5 nitrogen and oxygen atoms in total. The van der Waals surface area contributed by atoms with Crippen LogP contribution in [0, 0.1) is 0 Å². The SMILES string of the molecule is CC(C)NC(=O)/N=c1/ccn(-c2ccccc2)nc1. The number of carbonyl (C=O) groups excluding carboxylic acids is 1. The summed E-state index contributed by atoms with van der Waals surface area (Å²) in [4.78, 5) is 15.4. The van der Waals surface area contributed by atoms with Gasteiger partial charge in [0.25, 0.3) is 0 Å². The monoisotopic (exact) mass is 256 g/mol. The van der Waals surface area contributed by atoms with Crippen LogP contribution in [0.15, 0.2) is 53.8 Å². The first kappa shape index (κ1) is 13.0. The normalized spacial score (nSPS) is 11.6. The van der Waals surface area contributed by atoms with Gasteiger partial charge in [0, 0.05) is 12.2 Å². The fourth-order valence-electron chi connectivity index (χ4n) is 1.55. The van der Waals surface area contributed by atoms with Crippen molar-refractivity contribution in [2.24, 2.45) is 4.99 Å². The van der Waals surface area contributed by atoms with Gasteiger partial charge >= 0.3 is 6.03 Å². The van der Waals surface area contributed by atoms with Crippen molar-refractivity contribution >= 4 is 6.03 Å². The molecule has 1 aromatic carbocycles. The topological polar surface area (TPSA) is 59.3 Å². The molecular weight excluding hydrogens is 240 g/mol. The summed E-state index contributed by atoms with van der Waals surface area (Å²) in [6.07, 6.45) is 3.34. The highest BCUT2D eigenvalue weighted by Gasteiger charge is 1.99. The van der Waals surface area contributed by atoms with E-state index >= 15 is 0 Å². The van der Waals surface area contributed by atoms with Gasteiger partial charge in [0.1, 0.15) is 0 Å². The average Bonchev–Trinajstić information content (AvgIpc) is 2.39.